The number of phenols is 1. The predicted octanol–water partition coefficient (Wildman–Crippen LogP) is -1.26. The zero-order valence-electron chi connectivity index (χ0n) is 19.4. The maximum atomic E-state index is 12.6. The molecular weight excluding hydrogens is 446 g/mol. The van der Waals surface area contributed by atoms with Gasteiger partial charge in [0, 0.05) is 0 Å². The molecule has 0 aliphatic heterocycles. The van der Waals surface area contributed by atoms with Crippen LogP contribution in [0.3, 0.4) is 0 Å². The van der Waals surface area contributed by atoms with Crippen molar-refractivity contribution < 1.29 is 34.2 Å². The van der Waals surface area contributed by atoms with Crippen LogP contribution in [0.5, 0.6) is 5.75 Å². The van der Waals surface area contributed by atoms with Crippen LogP contribution < -0.4 is 27.4 Å². The number of hydrogen-bond acceptors (Lipinski definition) is 7. The first-order valence-electron chi connectivity index (χ1n) is 10.8. The second-order valence-corrected chi connectivity index (χ2v) is 8.47. The Bertz CT molecular complexity index is 888. The summed E-state index contributed by atoms with van der Waals surface area (Å²) in [6, 6.07) is 1.29. The summed E-state index contributed by atoms with van der Waals surface area (Å²) in [5, 5.41) is 25.7. The topological polar surface area (TPSA) is 214 Å². The molecule has 1 aromatic rings. The van der Waals surface area contributed by atoms with Crippen LogP contribution in [-0.4, -0.2) is 64.0 Å². The molecule has 4 unspecified atom stereocenters. The van der Waals surface area contributed by atoms with E-state index in [0.29, 0.717) is 5.56 Å². The lowest BCUT2D eigenvalue weighted by molar-refractivity contribution is -0.142. The van der Waals surface area contributed by atoms with Gasteiger partial charge >= 0.3 is 5.97 Å². The lowest BCUT2D eigenvalue weighted by Gasteiger charge is -2.23. The minimum atomic E-state index is -1.39. The van der Waals surface area contributed by atoms with Crippen LogP contribution in [-0.2, 0) is 30.4 Å². The van der Waals surface area contributed by atoms with Gasteiger partial charge in [-0.2, -0.15) is 0 Å². The fraction of sp³-hybridized carbons (Fsp3) is 0.500. The predicted molar refractivity (Wildman–Crippen MR) is 122 cm³/mol. The number of hydrogen-bond donors (Lipinski definition) is 7. The number of carboxylic acids is 1. The highest BCUT2D eigenvalue weighted by atomic mass is 16.4. The van der Waals surface area contributed by atoms with Crippen molar-refractivity contribution >= 4 is 29.6 Å². The highest BCUT2D eigenvalue weighted by Gasteiger charge is 2.29. The standard InChI is InChI=1S/C22H33N5O7/c1-11(2)8-17(22(33)34)27-19(30)12(3)25-21(32)16(10-18(24)29)26-20(31)15(23)9-13-4-6-14(28)7-5-13/h4-7,11-12,15-17,28H,8-10,23H2,1-3H3,(H2,24,29)(H,25,32)(H,26,31)(H,27,30)(H,33,34). The first-order valence-corrected chi connectivity index (χ1v) is 10.8. The minimum absolute atomic E-state index is 0.00670. The average molecular weight is 480 g/mol. The molecule has 0 aliphatic rings. The van der Waals surface area contributed by atoms with Crippen molar-refractivity contribution in [2.24, 2.45) is 17.4 Å². The normalized spacial score (nSPS) is 14.4. The van der Waals surface area contributed by atoms with Crippen LogP contribution >= 0.6 is 0 Å². The molecule has 34 heavy (non-hydrogen) atoms. The molecular formula is C22H33N5O7. The summed E-state index contributed by atoms with van der Waals surface area (Å²) in [5.41, 5.74) is 11.7. The summed E-state index contributed by atoms with van der Waals surface area (Å²) in [6.07, 6.45) is -0.244. The van der Waals surface area contributed by atoms with Crippen LogP contribution in [0.1, 0.15) is 39.2 Å². The molecule has 0 bridgehead atoms. The van der Waals surface area contributed by atoms with Gasteiger partial charge in [0.2, 0.25) is 23.6 Å². The van der Waals surface area contributed by atoms with E-state index in [1.54, 1.807) is 26.0 Å². The van der Waals surface area contributed by atoms with Gasteiger partial charge in [-0.3, -0.25) is 19.2 Å². The summed E-state index contributed by atoms with van der Waals surface area (Å²) in [7, 11) is 0. The number of amides is 4. The van der Waals surface area contributed by atoms with Crippen LogP contribution in [0.4, 0.5) is 0 Å². The molecule has 0 aliphatic carbocycles. The molecule has 12 heteroatoms. The van der Waals surface area contributed by atoms with Gasteiger partial charge in [0.25, 0.3) is 0 Å². The number of aliphatic carboxylic acids is 1. The summed E-state index contributed by atoms with van der Waals surface area (Å²) < 4.78 is 0. The van der Waals surface area contributed by atoms with E-state index in [-0.39, 0.29) is 24.5 Å². The van der Waals surface area contributed by atoms with Gasteiger partial charge in [-0.25, -0.2) is 4.79 Å². The summed E-state index contributed by atoms with van der Waals surface area (Å²) in [6.45, 7) is 4.94. The third-order valence-corrected chi connectivity index (χ3v) is 4.84. The molecule has 1 aromatic carbocycles. The number of nitrogens with one attached hydrogen (secondary N) is 3. The van der Waals surface area contributed by atoms with E-state index in [4.69, 9.17) is 11.5 Å². The van der Waals surface area contributed by atoms with Crippen molar-refractivity contribution in [3.05, 3.63) is 29.8 Å². The van der Waals surface area contributed by atoms with Crippen LogP contribution in [0.15, 0.2) is 24.3 Å². The molecule has 0 radical (unpaired) electrons. The Morgan fingerprint density at radius 2 is 1.44 bits per heavy atom. The van der Waals surface area contributed by atoms with E-state index in [9.17, 15) is 34.2 Å². The van der Waals surface area contributed by atoms with Crippen molar-refractivity contribution in [1.29, 1.82) is 0 Å². The van der Waals surface area contributed by atoms with Gasteiger partial charge < -0.3 is 37.6 Å². The summed E-state index contributed by atoms with van der Waals surface area (Å²) in [4.78, 5) is 60.3. The SMILES string of the molecule is CC(C)CC(NC(=O)C(C)NC(=O)C(CC(N)=O)NC(=O)C(N)Cc1ccc(O)cc1)C(=O)O. The van der Waals surface area contributed by atoms with Crippen LogP contribution in [0.2, 0.25) is 0 Å². The van der Waals surface area contributed by atoms with Gasteiger partial charge in [0.05, 0.1) is 12.5 Å². The Kier molecular flexibility index (Phi) is 11.0. The van der Waals surface area contributed by atoms with Crippen LogP contribution in [0, 0.1) is 5.92 Å². The van der Waals surface area contributed by atoms with Gasteiger partial charge in [-0.1, -0.05) is 26.0 Å². The number of primary amides is 1. The molecule has 0 saturated carbocycles. The molecule has 4 amide bonds. The largest absolute Gasteiger partial charge is 0.508 e. The molecule has 0 heterocycles. The van der Waals surface area contributed by atoms with Crippen molar-refractivity contribution in [1.82, 2.24) is 16.0 Å². The van der Waals surface area contributed by atoms with Gasteiger partial charge in [-0.15, -0.1) is 0 Å². The molecule has 188 valence electrons. The Morgan fingerprint density at radius 1 is 0.882 bits per heavy atom. The third-order valence-electron chi connectivity index (χ3n) is 4.84. The maximum absolute atomic E-state index is 12.6. The second-order valence-electron chi connectivity index (χ2n) is 8.47. The molecule has 0 spiro atoms. The quantitative estimate of drug-likeness (QED) is 0.181. The molecule has 4 atom stereocenters. The van der Waals surface area contributed by atoms with Crippen molar-refractivity contribution in [2.45, 2.75) is 64.2 Å². The Morgan fingerprint density at radius 3 is 1.94 bits per heavy atom. The van der Waals surface area contributed by atoms with E-state index >= 15 is 0 Å². The number of nitrogens with two attached hydrogens (primary N) is 2. The van der Waals surface area contributed by atoms with E-state index in [1.165, 1.54) is 19.1 Å². The Balaban J connectivity index is 2.78. The van der Waals surface area contributed by atoms with Gasteiger partial charge in [0.15, 0.2) is 0 Å². The molecule has 12 nitrogen and oxygen atoms in total. The lowest BCUT2D eigenvalue weighted by Crippen LogP contribution is -2.57. The molecule has 1 rings (SSSR count). The van der Waals surface area contributed by atoms with E-state index in [1.807, 2.05) is 0 Å². The number of rotatable bonds is 13. The Hall–Kier alpha value is -3.67. The van der Waals surface area contributed by atoms with Crippen LogP contribution in [0.25, 0.3) is 0 Å². The van der Waals surface area contributed by atoms with E-state index < -0.39 is 60.2 Å². The van der Waals surface area contributed by atoms with Gasteiger partial charge in [-0.05, 0) is 43.4 Å². The zero-order chi connectivity index (χ0) is 26.0. The molecule has 9 N–H and O–H groups in total. The number of benzene rings is 1. The number of phenolic OH excluding ortho intramolecular Hbond substituents is 1. The molecule has 0 fully saturated rings. The lowest BCUT2D eigenvalue weighted by atomic mass is 10.0. The fourth-order valence-corrected chi connectivity index (χ4v) is 3.04. The van der Waals surface area contributed by atoms with Gasteiger partial charge in [0.1, 0.15) is 23.9 Å². The highest BCUT2D eigenvalue weighted by Crippen LogP contribution is 2.11. The summed E-state index contributed by atoms with van der Waals surface area (Å²) >= 11 is 0. The first-order chi connectivity index (χ1) is 15.8. The van der Waals surface area contributed by atoms with Crippen molar-refractivity contribution in [2.75, 3.05) is 0 Å². The third kappa shape index (κ3) is 9.86. The Labute approximate surface area is 197 Å². The first kappa shape index (κ1) is 28.4. The smallest absolute Gasteiger partial charge is 0.326 e. The monoisotopic (exact) mass is 479 g/mol. The van der Waals surface area contributed by atoms with E-state index in [0.717, 1.165) is 0 Å². The summed E-state index contributed by atoms with van der Waals surface area (Å²) in [5.74, 6) is -4.34. The molecule has 0 saturated heterocycles. The average Bonchev–Trinajstić information content (AvgIpc) is 2.73. The van der Waals surface area contributed by atoms with Crippen molar-refractivity contribution in [3.63, 3.8) is 0 Å². The fourth-order valence-electron chi connectivity index (χ4n) is 3.04. The maximum Gasteiger partial charge on any atom is 0.326 e. The van der Waals surface area contributed by atoms with Crippen molar-refractivity contribution in [3.8, 4) is 5.75 Å². The highest BCUT2D eigenvalue weighted by molar-refractivity contribution is 5.96. The number of aromatic hydroxyl groups is 1. The minimum Gasteiger partial charge on any atom is -0.508 e. The zero-order valence-corrected chi connectivity index (χ0v) is 19.4. The molecule has 0 aromatic heterocycles. The number of carbonyl (C=O) groups excluding carboxylic acids is 4. The van der Waals surface area contributed by atoms with E-state index in [2.05, 4.69) is 16.0 Å². The number of carboxylic acid groups (broad SMARTS) is 1. The number of carbonyl (C=O) groups is 5. The second kappa shape index (κ2) is 13.1.